The van der Waals surface area contributed by atoms with Gasteiger partial charge in [0.2, 0.25) is 11.8 Å². The first-order chi connectivity index (χ1) is 12.6. The van der Waals surface area contributed by atoms with Crippen molar-refractivity contribution >= 4 is 11.6 Å². The Morgan fingerprint density at radius 3 is 2.50 bits per heavy atom. The summed E-state index contributed by atoms with van der Waals surface area (Å²) in [6, 6.07) is 12.1. The summed E-state index contributed by atoms with van der Waals surface area (Å²) in [4.78, 5) is 17.4. The van der Waals surface area contributed by atoms with E-state index in [1.54, 1.807) is 6.20 Å². The van der Waals surface area contributed by atoms with Gasteiger partial charge in [0.05, 0.1) is 23.9 Å². The Kier molecular flexibility index (Phi) is 5.92. The van der Waals surface area contributed by atoms with Gasteiger partial charge in [-0.3, -0.25) is 4.79 Å². The molecule has 1 N–H and O–H groups in total. The van der Waals surface area contributed by atoms with Crippen molar-refractivity contribution in [3.8, 4) is 5.88 Å². The van der Waals surface area contributed by atoms with E-state index >= 15 is 0 Å². The number of ether oxygens (including phenoxy) is 1. The van der Waals surface area contributed by atoms with E-state index in [2.05, 4.69) is 48.4 Å². The quantitative estimate of drug-likeness (QED) is 0.712. The molecule has 0 bridgehead atoms. The SMILES string of the molecule is CCCCOc1ccc(NC(=O)C2(c3ccc(C)cc3)CCCC2)cn1. The summed E-state index contributed by atoms with van der Waals surface area (Å²) in [6.07, 6.45) is 7.75. The Morgan fingerprint density at radius 2 is 1.88 bits per heavy atom. The molecule has 1 fully saturated rings. The first-order valence-corrected chi connectivity index (χ1v) is 9.61. The molecule has 0 spiro atoms. The Balaban J connectivity index is 1.71. The molecule has 1 amide bonds. The fourth-order valence-corrected chi connectivity index (χ4v) is 3.61. The highest BCUT2D eigenvalue weighted by molar-refractivity contribution is 5.99. The number of hydrogen-bond donors (Lipinski definition) is 1. The minimum absolute atomic E-state index is 0.0697. The molecule has 0 atom stereocenters. The lowest BCUT2D eigenvalue weighted by Gasteiger charge is -2.28. The van der Waals surface area contributed by atoms with Gasteiger partial charge < -0.3 is 10.1 Å². The number of aryl methyl sites for hydroxylation is 1. The topological polar surface area (TPSA) is 51.2 Å². The van der Waals surface area contributed by atoms with Gasteiger partial charge in [-0.15, -0.1) is 0 Å². The molecule has 1 aliphatic carbocycles. The zero-order chi connectivity index (χ0) is 18.4. The van der Waals surface area contributed by atoms with Crippen molar-refractivity contribution in [3.63, 3.8) is 0 Å². The molecule has 1 saturated carbocycles. The zero-order valence-corrected chi connectivity index (χ0v) is 15.8. The van der Waals surface area contributed by atoms with Crippen LogP contribution in [0.1, 0.15) is 56.6 Å². The second-order valence-corrected chi connectivity index (χ2v) is 7.20. The number of nitrogens with zero attached hydrogens (tertiary/aromatic N) is 1. The molecule has 1 heterocycles. The van der Waals surface area contributed by atoms with Crippen LogP contribution in [0.2, 0.25) is 0 Å². The molecule has 0 saturated heterocycles. The Bertz CT molecular complexity index is 717. The summed E-state index contributed by atoms with van der Waals surface area (Å²) in [5.74, 6) is 0.672. The Hall–Kier alpha value is -2.36. The van der Waals surface area contributed by atoms with Crippen molar-refractivity contribution in [2.75, 3.05) is 11.9 Å². The molecule has 1 aliphatic rings. The summed E-state index contributed by atoms with van der Waals surface area (Å²) in [6.45, 7) is 4.87. The molecule has 138 valence electrons. The lowest BCUT2D eigenvalue weighted by atomic mass is 9.77. The molecule has 26 heavy (non-hydrogen) atoms. The zero-order valence-electron chi connectivity index (χ0n) is 15.8. The fraction of sp³-hybridized carbons (Fsp3) is 0.455. The second kappa shape index (κ2) is 8.35. The standard InChI is InChI=1S/C22H28N2O2/c1-3-4-15-26-20-12-11-19(16-23-20)24-21(25)22(13-5-6-14-22)18-9-7-17(2)8-10-18/h7-12,16H,3-6,13-15H2,1-2H3,(H,24,25). The highest BCUT2D eigenvalue weighted by atomic mass is 16.5. The second-order valence-electron chi connectivity index (χ2n) is 7.20. The highest BCUT2D eigenvalue weighted by Crippen LogP contribution is 2.42. The number of hydrogen-bond acceptors (Lipinski definition) is 3. The molecule has 0 radical (unpaired) electrons. The summed E-state index contributed by atoms with van der Waals surface area (Å²) in [7, 11) is 0. The summed E-state index contributed by atoms with van der Waals surface area (Å²) in [5.41, 5.74) is 2.62. The first-order valence-electron chi connectivity index (χ1n) is 9.61. The summed E-state index contributed by atoms with van der Waals surface area (Å²) >= 11 is 0. The third-order valence-corrected chi connectivity index (χ3v) is 5.24. The number of carbonyl (C=O) groups excluding carboxylic acids is 1. The van der Waals surface area contributed by atoms with Crippen LogP contribution >= 0.6 is 0 Å². The number of benzene rings is 1. The molecular weight excluding hydrogens is 324 g/mol. The van der Waals surface area contributed by atoms with Crippen LogP contribution in [-0.4, -0.2) is 17.5 Å². The van der Waals surface area contributed by atoms with E-state index in [1.165, 1.54) is 5.56 Å². The molecule has 3 rings (SSSR count). The Labute approximate surface area is 156 Å². The van der Waals surface area contributed by atoms with Gasteiger partial charge >= 0.3 is 0 Å². The number of aromatic nitrogens is 1. The first kappa shape index (κ1) is 18.4. The largest absolute Gasteiger partial charge is 0.478 e. The normalized spacial score (nSPS) is 15.6. The van der Waals surface area contributed by atoms with Crippen LogP contribution in [0.4, 0.5) is 5.69 Å². The van der Waals surface area contributed by atoms with Gasteiger partial charge in [-0.2, -0.15) is 0 Å². The van der Waals surface area contributed by atoms with Crippen LogP contribution in [0.3, 0.4) is 0 Å². The van der Waals surface area contributed by atoms with Gasteiger partial charge in [-0.25, -0.2) is 4.98 Å². The van der Waals surface area contributed by atoms with Crippen LogP contribution in [0, 0.1) is 6.92 Å². The third-order valence-electron chi connectivity index (χ3n) is 5.24. The number of amides is 1. The molecule has 4 nitrogen and oxygen atoms in total. The van der Waals surface area contributed by atoms with Gasteiger partial charge in [0, 0.05) is 6.07 Å². The van der Waals surface area contributed by atoms with Crippen LogP contribution < -0.4 is 10.1 Å². The van der Waals surface area contributed by atoms with E-state index < -0.39 is 5.41 Å². The molecule has 1 aromatic heterocycles. The number of anilines is 1. The molecule has 0 aliphatic heterocycles. The maximum Gasteiger partial charge on any atom is 0.235 e. The van der Waals surface area contributed by atoms with Gasteiger partial charge in [0.15, 0.2) is 0 Å². The molecular formula is C22H28N2O2. The van der Waals surface area contributed by atoms with Crippen molar-refractivity contribution in [2.45, 2.75) is 57.8 Å². The lowest BCUT2D eigenvalue weighted by molar-refractivity contribution is -0.121. The molecule has 4 heteroatoms. The van der Waals surface area contributed by atoms with Crippen LogP contribution in [0.15, 0.2) is 42.6 Å². The van der Waals surface area contributed by atoms with E-state index in [0.717, 1.165) is 49.8 Å². The predicted molar refractivity (Wildman–Crippen MR) is 105 cm³/mol. The summed E-state index contributed by atoms with van der Waals surface area (Å²) in [5, 5.41) is 3.08. The van der Waals surface area contributed by atoms with Crippen LogP contribution in [0.5, 0.6) is 5.88 Å². The Morgan fingerprint density at radius 1 is 1.15 bits per heavy atom. The maximum absolute atomic E-state index is 13.1. The highest BCUT2D eigenvalue weighted by Gasteiger charge is 2.42. The number of rotatable bonds is 7. The number of nitrogens with one attached hydrogen (secondary N) is 1. The summed E-state index contributed by atoms with van der Waals surface area (Å²) < 4.78 is 5.58. The average Bonchev–Trinajstić information content (AvgIpc) is 3.15. The lowest BCUT2D eigenvalue weighted by Crippen LogP contribution is -2.38. The van der Waals surface area contributed by atoms with E-state index in [4.69, 9.17) is 4.74 Å². The predicted octanol–water partition coefficient (Wildman–Crippen LogP) is 5.02. The van der Waals surface area contributed by atoms with Crippen molar-refractivity contribution in [2.24, 2.45) is 0 Å². The van der Waals surface area contributed by atoms with E-state index in [9.17, 15) is 4.79 Å². The van der Waals surface area contributed by atoms with E-state index in [0.29, 0.717) is 12.5 Å². The van der Waals surface area contributed by atoms with Gasteiger partial charge in [-0.1, -0.05) is 56.0 Å². The minimum atomic E-state index is -0.427. The third kappa shape index (κ3) is 4.06. The van der Waals surface area contributed by atoms with Gasteiger partial charge in [0.1, 0.15) is 0 Å². The van der Waals surface area contributed by atoms with Crippen molar-refractivity contribution in [1.82, 2.24) is 4.98 Å². The molecule has 0 unspecified atom stereocenters. The smallest absolute Gasteiger partial charge is 0.235 e. The van der Waals surface area contributed by atoms with E-state index in [-0.39, 0.29) is 5.91 Å². The maximum atomic E-state index is 13.1. The number of carbonyl (C=O) groups is 1. The van der Waals surface area contributed by atoms with Gasteiger partial charge in [-0.05, 0) is 37.8 Å². The minimum Gasteiger partial charge on any atom is -0.478 e. The fourth-order valence-electron chi connectivity index (χ4n) is 3.61. The molecule has 1 aromatic carbocycles. The van der Waals surface area contributed by atoms with Crippen LogP contribution in [0.25, 0.3) is 0 Å². The average molecular weight is 352 g/mol. The van der Waals surface area contributed by atoms with Crippen LogP contribution in [-0.2, 0) is 10.2 Å². The number of pyridine rings is 1. The van der Waals surface area contributed by atoms with E-state index in [1.807, 2.05) is 12.1 Å². The van der Waals surface area contributed by atoms with Crippen molar-refractivity contribution in [1.29, 1.82) is 0 Å². The monoisotopic (exact) mass is 352 g/mol. The van der Waals surface area contributed by atoms with Crippen molar-refractivity contribution < 1.29 is 9.53 Å². The molecule has 2 aromatic rings. The van der Waals surface area contributed by atoms with Crippen molar-refractivity contribution in [3.05, 3.63) is 53.7 Å². The van der Waals surface area contributed by atoms with Gasteiger partial charge in [0.25, 0.3) is 0 Å². The number of unbranched alkanes of at least 4 members (excludes halogenated alkanes) is 1.